The van der Waals surface area contributed by atoms with Crippen molar-refractivity contribution in [2.75, 3.05) is 26.2 Å². The molecule has 0 spiro atoms. The summed E-state index contributed by atoms with van der Waals surface area (Å²) in [7, 11) is 0. The monoisotopic (exact) mass is 353 g/mol. The van der Waals surface area contributed by atoms with E-state index in [0.717, 1.165) is 26.1 Å². The molecule has 0 radical (unpaired) electrons. The number of carbonyl (C=O) groups is 1. The topological polar surface area (TPSA) is 66.7 Å². The van der Waals surface area contributed by atoms with Crippen LogP contribution in [-0.4, -0.2) is 46.8 Å². The van der Waals surface area contributed by atoms with Crippen molar-refractivity contribution in [2.45, 2.75) is 19.4 Å². The smallest absolute Gasteiger partial charge is 0.273 e. The van der Waals surface area contributed by atoms with E-state index in [0.29, 0.717) is 18.7 Å². The van der Waals surface area contributed by atoms with E-state index < -0.39 is 4.92 Å². The minimum Gasteiger partial charge on any atom is -0.341 e. The van der Waals surface area contributed by atoms with E-state index in [4.69, 9.17) is 0 Å². The second kappa shape index (κ2) is 8.58. The Kier molecular flexibility index (Phi) is 5.96. The summed E-state index contributed by atoms with van der Waals surface area (Å²) >= 11 is 0. The van der Waals surface area contributed by atoms with Gasteiger partial charge in [-0.3, -0.25) is 19.8 Å². The van der Waals surface area contributed by atoms with E-state index in [1.165, 1.54) is 11.6 Å². The number of benzene rings is 2. The van der Waals surface area contributed by atoms with Gasteiger partial charge in [0.05, 0.1) is 11.3 Å². The predicted octanol–water partition coefficient (Wildman–Crippen LogP) is 2.87. The summed E-state index contributed by atoms with van der Waals surface area (Å²) in [6, 6.07) is 16.8. The number of nitro benzene ring substituents is 1. The van der Waals surface area contributed by atoms with Crippen LogP contribution in [0.5, 0.6) is 0 Å². The maximum Gasteiger partial charge on any atom is 0.273 e. The molecule has 0 N–H and O–H groups in total. The first-order valence-corrected chi connectivity index (χ1v) is 8.90. The number of nitrogens with zero attached hydrogens (tertiary/aromatic N) is 3. The van der Waals surface area contributed by atoms with Crippen LogP contribution in [0.1, 0.15) is 17.5 Å². The lowest BCUT2D eigenvalue weighted by Crippen LogP contribution is -2.36. The molecule has 1 aliphatic heterocycles. The second-order valence-corrected chi connectivity index (χ2v) is 6.56. The van der Waals surface area contributed by atoms with Crippen molar-refractivity contribution in [1.82, 2.24) is 9.80 Å². The van der Waals surface area contributed by atoms with Crippen molar-refractivity contribution in [3.63, 3.8) is 0 Å². The highest BCUT2D eigenvalue weighted by atomic mass is 16.6. The van der Waals surface area contributed by atoms with E-state index >= 15 is 0 Å². The fraction of sp³-hybridized carbons (Fsp3) is 0.350. The highest BCUT2D eigenvalue weighted by Gasteiger charge is 2.22. The summed E-state index contributed by atoms with van der Waals surface area (Å²) in [5.74, 6) is -0.0409. The van der Waals surface area contributed by atoms with Crippen LogP contribution in [0.4, 0.5) is 5.69 Å². The minimum absolute atomic E-state index is 0.0152. The Labute approximate surface area is 153 Å². The molecule has 3 rings (SSSR count). The van der Waals surface area contributed by atoms with Crippen LogP contribution in [0.15, 0.2) is 54.6 Å². The standard InChI is InChI=1S/C20H23N3O3/c24-20(15-18-9-4-5-10-19(18)23(25)26)22-12-6-11-21(13-14-22)16-17-7-2-1-3-8-17/h1-5,7-10H,6,11-16H2. The van der Waals surface area contributed by atoms with Crippen molar-refractivity contribution in [1.29, 1.82) is 0 Å². The predicted molar refractivity (Wildman–Crippen MR) is 99.7 cm³/mol. The van der Waals surface area contributed by atoms with Crippen molar-refractivity contribution >= 4 is 11.6 Å². The maximum atomic E-state index is 12.6. The molecule has 1 saturated heterocycles. The van der Waals surface area contributed by atoms with Gasteiger partial charge in [-0.1, -0.05) is 48.5 Å². The van der Waals surface area contributed by atoms with Gasteiger partial charge in [0.25, 0.3) is 5.69 Å². The number of nitro groups is 1. The van der Waals surface area contributed by atoms with Crippen LogP contribution < -0.4 is 0 Å². The van der Waals surface area contributed by atoms with Gasteiger partial charge in [0.1, 0.15) is 0 Å². The Morgan fingerprint density at radius 1 is 0.962 bits per heavy atom. The molecule has 2 aromatic rings. The van der Waals surface area contributed by atoms with Gasteiger partial charge in [0, 0.05) is 44.4 Å². The van der Waals surface area contributed by atoms with Crippen molar-refractivity contribution in [3.05, 3.63) is 75.8 Å². The Hall–Kier alpha value is -2.73. The molecule has 1 amide bonds. The number of hydrogen-bond donors (Lipinski definition) is 0. The average Bonchev–Trinajstić information content (AvgIpc) is 2.88. The average molecular weight is 353 g/mol. The molecule has 136 valence electrons. The molecule has 1 heterocycles. The maximum absolute atomic E-state index is 12.6. The molecule has 6 heteroatoms. The minimum atomic E-state index is -0.424. The largest absolute Gasteiger partial charge is 0.341 e. The summed E-state index contributed by atoms with van der Waals surface area (Å²) in [6.07, 6.45) is 0.991. The van der Waals surface area contributed by atoms with Crippen LogP contribution in [0.25, 0.3) is 0 Å². The first kappa shape index (κ1) is 18.1. The summed E-state index contributed by atoms with van der Waals surface area (Å²) in [6.45, 7) is 4.01. The van der Waals surface area contributed by atoms with E-state index in [1.54, 1.807) is 18.2 Å². The molecule has 26 heavy (non-hydrogen) atoms. The first-order chi connectivity index (χ1) is 12.6. The van der Waals surface area contributed by atoms with Gasteiger partial charge in [0.15, 0.2) is 0 Å². The van der Waals surface area contributed by atoms with Gasteiger partial charge in [-0.15, -0.1) is 0 Å². The lowest BCUT2D eigenvalue weighted by molar-refractivity contribution is -0.385. The zero-order chi connectivity index (χ0) is 18.4. The van der Waals surface area contributed by atoms with E-state index in [1.807, 2.05) is 23.1 Å². The quantitative estimate of drug-likeness (QED) is 0.612. The molecular weight excluding hydrogens is 330 g/mol. The van der Waals surface area contributed by atoms with Gasteiger partial charge in [0.2, 0.25) is 5.91 Å². The van der Waals surface area contributed by atoms with Crippen LogP contribution in [0.3, 0.4) is 0 Å². The molecule has 1 fully saturated rings. The highest BCUT2D eigenvalue weighted by Crippen LogP contribution is 2.19. The highest BCUT2D eigenvalue weighted by molar-refractivity contribution is 5.80. The normalized spacial score (nSPS) is 15.5. The Morgan fingerprint density at radius 3 is 2.46 bits per heavy atom. The van der Waals surface area contributed by atoms with Crippen molar-refractivity contribution < 1.29 is 9.72 Å². The Bertz CT molecular complexity index is 764. The van der Waals surface area contributed by atoms with E-state index in [-0.39, 0.29) is 18.0 Å². The van der Waals surface area contributed by atoms with Crippen LogP contribution in [0, 0.1) is 10.1 Å². The third-order valence-electron chi connectivity index (χ3n) is 4.72. The summed E-state index contributed by atoms with van der Waals surface area (Å²) in [5.41, 5.74) is 1.77. The lowest BCUT2D eigenvalue weighted by atomic mass is 10.1. The molecule has 0 atom stereocenters. The number of hydrogen-bond acceptors (Lipinski definition) is 4. The molecule has 1 aliphatic rings. The van der Waals surface area contributed by atoms with Crippen LogP contribution in [-0.2, 0) is 17.8 Å². The van der Waals surface area contributed by atoms with Gasteiger partial charge < -0.3 is 4.90 Å². The molecule has 0 unspecified atom stereocenters. The van der Waals surface area contributed by atoms with Crippen LogP contribution >= 0.6 is 0 Å². The SMILES string of the molecule is O=C(Cc1ccccc1[N+](=O)[O-])N1CCCN(Cc2ccccc2)CC1. The lowest BCUT2D eigenvalue weighted by Gasteiger charge is -2.22. The van der Waals surface area contributed by atoms with Crippen molar-refractivity contribution in [3.8, 4) is 0 Å². The summed E-state index contributed by atoms with van der Waals surface area (Å²) in [4.78, 5) is 27.5. The Balaban J connectivity index is 1.59. The third kappa shape index (κ3) is 4.67. The molecule has 2 aromatic carbocycles. The Morgan fingerprint density at radius 2 is 1.69 bits per heavy atom. The first-order valence-electron chi connectivity index (χ1n) is 8.90. The fourth-order valence-electron chi connectivity index (χ4n) is 3.33. The zero-order valence-electron chi connectivity index (χ0n) is 14.7. The summed E-state index contributed by atoms with van der Waals surface area (Å²) in [5, 5.41) is 11.1. The summed E-state index contributed by atoms with van der Waals surface area (Å²) < 4.78 is 0. The fourth-order valence-corrected chi connectivity index (χ4v) is 3.33. The second-order valence-electron chi connectivity index (χ2n) is 6.56. The van der Waals surface area contributed by atoms with Gasteiger partial charge in [-0.05, 0) is 12.0 Å². The van der Waals surface area contributed by atoms with Gasteiger partial charge in [-0.2, -0.15) is 0 Å². The molecule has 0 aromatic heterocycles. The van der Waals surface area contributed by atoms with Gasteiger partial charge >= 0.3 is 0 Å². The van der Waals surface area contributed by atoms with E-state index in [2.05, 4.69) is 17.0 Å². The number of rotatable bonds is 5. The molecule has 0 aliphatic carbocycles. The van der Waals surface area contributed by atoms with Crippen molar-refractivity contribution in [2.24, 2.45) is 0 Å². The van der Waals surface area contributed by atoms with Crippen LogP contribution in [0.2, 0.25) is 0 Å². The molecule has 0 saturated carbocycles. The number of amides is 1. The third-order valence-corrected chi connectivity index (χ3v) is 4.72. The number of carbonyl (C=O) groups excluding carboxylic acids is 1. The molecule has 6 nitrogen and oxygen atoms in total. The van der Waals surface area contributed by atoms with Gasteiger partial charge in [-0.25, -0.2) is 0 Å². The molecular formula is C20H23N3O3. The zero-order valence-corrected chi connectivity index (χ0v) is 14.7. The van der Waals surface area contributed by atoms with E-state index in [9.17, 15) is 14.9 Å². The molecule has 0 bridgehead atoms. The number of para-hydroxylation sites is 1.